The molecule has 130 valence electrons. The standard InChI is InChI=1S/C21H21Cl2NO/c1-4-14-13-24(20(25)19(14)15-8-6-5-7-9-15)21(2,3)16-10-17(22)12-18(23)11-16/h5-12H,4,13H2,1-3H3. The van der Waals surface area contributed by atoms with E-state index in [0.717, 1.165) is 28.7 Å². The molecule has 2 aromatic rings. The van der Waals surface area contributed by atoms with Crippen LogP contribution in [0.3, 0.4) is 0 Å². The van der Waals surface area contributed by atoms with Gasteiger partial charge in [0.05, 0.1) is 5.54 Å². The molecule has 0 saturated heterocycles. The second kappa shape index (κ2) is 6.86. The van der Waals surface area contributed by atoms with Crippen molar-refractivity contribution in [2.75, 3.05) is 6.54 Å². The number of carbonyl (C=O) groups is 1. The molecule has 1 heterocycles. The summed E-state index contributed by atoms with van der Waals surface area (Å²) in [5.41, 5.74) is 3.39. The van der Waals surface area contributed by atoms with E-state index in [1.807, 2.05) is 61.2 Å². The van der Waals surface area contributed by atoms with E-state index in [1.165, 1.54) is 0 Å². The van der Waals surface area contributed by atoms with Crippen LogP contribution in [0.2, 0.25) is 10.0 Å². The minimum atomic E-state index is -0.511. The van der Waals surface area contributed by atoms with Gasteiger partial charge in [0.2, 0.25) is 0 Å². The molecule has 0 atom stereocenters. The van der Waals surface area contributed by atoms with Crippen molar-refractivity contribution >= 4 is 34.7 Å². The Hall–Kier alpha value is -1.77. The van der Waals surface area contributed by atoms with Crippen molar-refractivity contribution in [3.8, 4) is 0 Å². The topological polar surface area (TPSA) is 20.3 Å². The first-order valence-corrected chi connectivity index (χ1v) is 9.16. The van der Waals surface area contributed by atoms with Crippen LogP contribution < -0.4 is 0 Å². The maximum atomic E-state index is 13.3. The van der Waals surface area contributed by atoms with E-state index in [4.69, 9.17) is 23.2 Å². The SMILES string of the molecule is CCC1=C(c2ccccc2)C(=O)N(C(C)(C)c2cc(Cl)cc(Cl)c2)C1. The Labute approximate surface area is 159 Å². The molecule has 1 amide bonds. The molecule has 0 N–H and O–H groups in total. The number of hydrogen-bond acceptors (Lipinski definition) is 1. The summed E-state index contributed by atoms with van der Waals surface area (Å²) in [6, 6.07) is 15.4. The highest BCUT2D eigenvalue weighted by Gasteiger charge is 2.40. The van der Waals surface area contributed by atoms with Crippen LogP contribution in [0.5, 0.6) is 0 Å². The first-order chi connectivity index (χ1) is 11.8. The van der Waals surface area contributed by atoms with E-state index in [9.17, 15) is 4.79 Å². The van der Waals surface area contributed by atoms with Gasteiger partial charge in [-0.25, -0.2) is 0 Å². The van der Waals surface area contributed by atoms with E-state index < -0.39 is 5.54 Å². The van der Waals surface area contributed by atoms with E-state index in [1.54, 1.807) is 6.07 Å². The molecule has 25 heavy (non-hydrogen) atoms. The fourth-order valence-electron chi connectivity index (χ4n) is 3.36. The van der Waals surface area contributed by atoms with Crippen LogP contribution in [-0.4, -0.2) is 17.4 Å². The second-order valence-electron chi connectivity index (χ2n) is 6.81. The van der Waals surface area contributed by atoms with Crippen molar-refractivity contribution in [2.24, 2.45) is 0 Å². The molecule has 1 aliphatic rings. The summed E-state index contributed by atoms with van der Waals surface area (Å²) in [6.07, 6.45) is 0.846. The number of rotatable bonds is 4. The summed E-state index contributed by atoms with van der Waals surface area (Å²) in [7, 11) is 0. The van der Waals surface area contributed by atoms with Gasteiger partial charge in [0.15, 0.2) is 0 Å². The average Bonchev–Trinajstić information content (AvgIpc) is 2.92. The highest BCUT2D eigenvalue weighted by atomic mass is 35.5. The van der Waals surface area contributed by atoms with Gasteiger partial charge in [-0.15, -0.1) is 0 Å². The van der Waals surface area contributed by atoms with Gasteiger partial charge in [-0.2, -0.15) is 0 Å². The summed E-state index contributed by atoms with van der Waals surface area (Å²) in [4.78, 5) is 15.2. The maximum Gasteiger partial charge on any atom is 0.255 e. The van der Waals surface area contributed by atoms with Gasteiger partial charge < -0.3 is 4.90 Å². The van der Waals surface area contributed by atoms with Gasteiger partial charge in [-0.3, -0.25) is 4.79 Å². The Kier molecular flexibility index (Phi) is 4.95. The lowest BCUT2D eigenvalue weighted by molar-refractivity contribution is -0.128. The highest BCUT2D eigenvalue weighted by Crippen LogP contribution is 2.39. The lowest BCUT2D eigenvalue weighted by Gasteiger charge is -2.37. The van der Waals surface area contributed by atoms with Gasteiger partial charge >= 0.3 is 0 Å². The predicted molar refractivity (Wildman–Crippen MR) is 105 cm³/mol. The zero-order valence-electron chi connectivity index (χ0n) is 14.6. The number of nitrogens with zero attached hydrogens (tertiary/aromatic N) is 1. The molecular weight excluding hydrogens is 353 g/mol. The molecule has 0 aliphatic carbocycles. The van der Waals surface area contributed by atoms with E-state index in [0.29, 0.717) is 16.6 Å². The van der Waals surface area contributed by atoms with Gasteiger partial charge in [0.25, 0.3) is 5.91 Å². The number of halogens is 2. The second-order valence-corrected chi connectivity index (χ2v) is 7.68. The van der Waals surface area contributed by atoms with E-state index in [2.05, 4.69) is 6.92 Å². The number of benzene rings is 2. The molecule has 0 aromatic heterocycles. The molecule has 0 unspecified atom stereocenters. The lowest BCUT2D eigenvalue weighted by atomic mass is 9.92. The third kappa shape index (κ3) is 3.33. The summed E-state index contributed by atoms with van der Waals surface area (Å²) < 4.78 is 0. The molecule has 0 radical (unpaired) electrons. The molecule has 0 saturated carbocycles. The summed E-state index contributed by atoms with van der Waals surface area (Å²) in [6.45, 7) is 6.79. The normalized spacial score (nSPS) is 15.2. The van der Waals surface area contributed by atoms with Crippen molar-refractivity contribution in [3.63, 3.8) is 0 Å². The lowest BCUT2D eigenvalue weighted by Crippen LogP contribution is -2.43. The number of hydrogen-bond donors (Lipinski definition) is 0. The van der Waals surface area contributed by atoms with Crippen LogP contribution in [-0.2, 0) is 10.3 Å². The van der Waals surface area contributed by atoms with Crippen LogP contribution in [0.1, 0.15) is 38.3 Å². The smallest absolute Gasteiger partial charge is 0.255 e. The zero-order valence-corrected chi connectivity index (χ0v) is 16.2. The molecule has 0 spiro atoms. The molecule has 3 rings (SSSR count). The van der Waals surface area contributed by atoms with Crippen molar-refractivity contribution in [3.05, 3.63) is 75.3 Å². The highest BCUT2D eigenvalue weighted by molar-refractivity contribution is 6.34. The van der Waals surface area contributed by atoms with Crippen LogP contribution in [0.25, 0.3) is 5.57 Å². The largest absolute Gasteiger partial charge is 0.325 e. The van der Waals surface area contributed by atoms with Crippen molar-refractivity contribution in [1.29, 1.82) is 0 Å². The first-order valence-electron chi connectivity index (χ1n) is 8.40. The summed E-state index contributed by atoms with van der Waals surface area (Å²) >= 11 is 12.4. The fourth-order valence-corrected chi connectivity index (χ4v) is 3.89. The van der Waals surface area contributed by atoms with Gasteiger partial charge in [-0.1, -0.05) is 60.5 Å². The molecule has 2 nitrogen and oxygen atoms in total. The zero-order chi connectivity index (χ0) is 18.2. The number of carbonyl (C=O) groups excluding carboxylic acids is 1. The number of amides is 1. The summed E-state index contributed by atoms with van der Waals surface area (Å²) in [5.74, 6) is 0.0594. The Morgan fingerprint density at radius 3 is 2.20 bits per heavy atom. The van der Waals surface area contributed by atoms with E-state index >= 15 is 0 Å². The summed E-state index contributed by atoms with van der Waals surface area (Å²) in [5, 5.41) is 1.16. The Morgan fingerprint density at radius 2 is 1.64 bits per heavy atom. The van der Waals surface area contributed by atoms with Gasteiger partial charge in [0, 0.05) is 22.2 Å². The average molecular weight is 374 g/mol. The van der Waals surface area contributed by atoms with Crippen LogP contribution in [0.15, 0.2) is 54.1 Å². The fraction of sp³-hybridized carbons (Fsp3) is 0.286. The minimum absolute atomic E-state index is 0.0594. The Bertz CT molecular complexity index is 820. The third-order valence-electron chi connectivity index (χ3n) is 4.89. The predicted octanol–water partition coefficient (Wildman–Crippen LogP) is 5.93. The van der Waals surface area contributed by atoms with Gasteiger partial charge in [0.1, 0.15) is 0 Å². The minimum Gasteiger partial charge on any atom is -0.325 e. The van der Waals surface area contributed by atoms with Crippen LogP contribution in [0.4, 0.5) is 0 Å². The van der Waals surface area contributed by atoms with Crippen molar-refractivity contribution < 1.29 is 4.79 Å². The molecule has 1 aliphatic heterocycles. The Balaban J connectivity index is 2.01. The molecule has 0 bridgehead atoms. The van der Waals surface area contributed by atoms with Crippen LogP contribution >= 0.6 is 23.2 Å². The maximum absolute atomic E-state index is 13.3. The van der Waals surface area contributed by atoms with Gasteiger partial charge in [-0.05, 0) is 55.2 Å². The van der Waals surface area contributed by atoms with Crippen molar-refractivity contribution in [1.82, 2.24) is 4.90 Å². The monoisotopic (exact) mass is 373 g/mol. The quantitative estimate of drug-likeness (QED) is 0.649. The molecule has 4 heteroatoms. The molecular formula is C21H21Cl2NO. The Morgan fingerprint density at radius 1 is 1.04 bits per heavy atom. The van der Waals surface area contributed by atoms with Crippen molar-refractivity contribution in [2.45, 2.75) is 32.7 Å². The molecule has 2 aromatic carbocycles. The van der Waals surface area contributed by atoms with E-state index in [-0.39, 0.29) is 5.91 Å². The molecule has 0 fully saturated rings. The third-order valence-corrected chi connectivity index (χ3v) is 5.33. The van der Waals surface area contributed by atoms with Crippen LogP contribution in [0, 0.1) is 0 Å². The first kappa shape index (κ1) is 18.0.